The van der Waals surface area contributed by atoms with Gasteiger partial charge in [-0.1, -0.05) is 6.92 Å². The van der Waals surface area contributed by atoms with Crippen LogP contribution in [0.4, 0.5) is 0 Å². The summed E-state index contributed by atoms with van der Waals surface area (Å²) in [5.74, 6) is 1.70. The molecule has 2 heterocycles. The van der Waals surface area contributed by atoms with Gasteiger partial charge in [0, 0.05) is 43.6 Å². The first-order valence-electron chi connectivity index (χ1n) is 8.86. The highest BCUT2D eigenvalue weighted by Crippen LogP contribution is 2.36. The van der Waals surface area contributed by atoms with E-state index >= 15 is 0 Å². The molecule has 0 radical (unpaired) electrons. The summed E-state index contributed by atoms with van der Waals surface area (Å²) in [6, 6.07) is 0. The van der Waals surface area contributed by atoms with Gasteiger partial charge < -0.3 is 9.84 Å². The average Bonchev–Trinajstić information content (AvgIpc) is 2.56. The van der Waals surface area contributed by atoms with E-state index in [-0.39, 0.29) is 6.10 Å². The Kier molecular flexibility index (Phi) is 5.41. The van der Waals surface area contributed by atoms with Gasteiger partial charge in [0.2, 0.25) is 0 Å². The SMILES string of the molecule is COC[C@H](C)Cc1ncc2c(C)ncc(C3CCC(O)CC3)c2n1. The number of hydrogen-bond acceptors (Lipinski definition) is 5. The Morgan fingerprint density at radius 3 is 2.67 bits per heavy atom. The molecule has 1 saturated carbocycles. The van der Waals surface area contributed by atoms with Crippen molar-refractivity contribution in [2.24, 2.45) is 5.92 Å². The molecule has 1 N–H and O–H groups in total. The number of rotatable bonds is 5. The molecule has 0 aromatic carbocycles. The second kappa shape index (κ2) is 7.53. The van der Waals surface area contributed by atoms with Gasteiger partial charge in [0.25, 0.3) is 0 Å². The van der Waals surface area contributed by atoms with Crippen LogP contribution in [0.25, 0.3) is 10.9 Å². The average molecular weight is 329 g/mol. The van der Waals surface area contributed by atoms with Crippen molar-refractivity contribution in [1.82, 2.24) is 15.0 Å². The van der Waals surface area contributed by atoms with Gasteiger partial charge in [0.05, 0.1) is 11.6 Å². The quantitative estimate of drug-likeness (QED) is 0.912. The highest BCUT2D eigenvalue weighted by atomic mass is 16.5. The van der Waals surface area contributed by atoms with E-state index < -0.39 is 0 Å². The molecule has 5 heteroatoms. The van der Waals surface area contributed by atoms with Gasteiger partial charge in [-0.25, -0.2) is 9.97 Å². The van der Waals surface area contributed by atoms with Crippen molar-refractivity contribution < 1.29 is 9.84 Å². The Hall–Kier alpha value is -1.59. The van der Waals surface area contributed by atoms with E-state index in [0.29, 0.717) is 18.4 Å². The number of aromatic nitrogens is 3. The maximum absolute atomic E-state index is 9.77. The summed E-state index contributed by atoms with van der Waals surface area (Å²) in [5, 5.41) is 10.8. The molecule has 1 fully saturated rings. The molecule has 2 aromatic heterocycles. The molecule has 0 unspecified atom stereocenters. The van der Waals surface area contributed by atoms with Crippen LogP contribution in [0.2, 0.25) is 0 Å². The fourth-order valence-electron chi connectivity index (χ4n) is 3.64. The van der Waals surface area contributed by atoms with Gasteiger partial charge in [0.1, 0.15) is 5.82 Å². The summed E-state index contributed by atoms with van der Waals surface area (Å²) >= 11 is 0. The summed E-state index contributed by atoms with van der Waals surface area (Å²) in [6.45, 7) is 4.87. The van der Waals surface area contributed by atoms with E-state index in [4.69, 9.17) is 9.72 Å². The number of pyridine rings is 1. The fraction of sp³-hybridized carbons (Fsp3) is 0.632. The maximum atomic E-state index is 9.77. The molecule has 2 aromatic rings. The molecule has 3 rings (SSSR count). The second-order valence-electron chi connectivity index (χ2n) is 7.12. The number of nitrogens with zero attached hydrogens (tertiary/aromatic N) is 3. The van der Waals surface area contributed by atoms with Crippen molar-refractivity contribution in [1.29, 1.82) is 0 Å². The molecule has 0 amide bonds. The zero-order chi connectivity index (χ0) is 17.1. The predicted octanol–water partition coefficient (Wildman–Crippen LogP) is 3.18. The molecule has 5 nitrogen and oxygen atoms in total. The topological polar surface area (TPSA) is 68.1 Å². The summed E-state index contributed by atoms with van der Waals surface area (Å²) in [5.41, 5.74) is 3.23. The Bertz CT molecular complexity index is 696. The summed E-state index contributed by atoms with van der Waals surface area (Å²) < 4.78 is 5.22. The van der Waals surface area contributed by atoms with E-state index in [1.54, 1.807) is 7.11 Å². The van der Waals surface area contributed by atoms with Gasteiger partial charge in [-0.05, 0) is 50.0 Å². The van der Waals surface area contributed by atoms with Crippen molar-refractivity contribution in [3.05, 3.63) is 29.5 Å². The third-order valence-electron chi connectivity index (χ3n) is 5.02. The Balaban J connectivity index is 1.94. The normalized spacial score (nSPS) is 22.7. The number of aliphatic hydroxyl groups excluding tert-OH is 1. The van der Waals surface area contributed by atoms with Crippen molar-refractivity contribution in [3.63, 3.8) is 0 Å². The van der Waals surface area contributed by atoms with Crippen LogP contribution in [0.15, 0.2) is 12.4 Å². The molecule has 24 heavy (non-hydrogen) atoms. The fourth-order valence-corrected chi connectivity index (χ4v) is 3.64. The van der Waals surface area contributed by atoms with Crippen molar-refractivity contribution in [2.45, 2.75) is 58.0 Å². The molecule has 130 valence electrons. The van der Waals surface area contributed by atoms with Crippen LogP contribution in [0.1, 0.15) is 55.6 Å². The van der Waals surface area contributed by atoms with E-state index in [9.17, 15) is 5.11 Å². The lowest BCUT2D eigenvalue weighted by molar-refractivity contribution is 0.122. The van der Waals surface area contributed by atoms with Gasteiger partial charge in [0.15, 0.2) is 0 Å². The lowest BCUT2D eigenvalue weighted by Crippen LogP contribution is -2.18. The van der Waals surface area contributed by atoms with Gasteiger partial charge in [-0.15, -0.1) is 0 Å². The lowest BCUT2D eigenvalue weighted by Gasteiger charge is -2.26. The molecule has 1 atom stereocenters. The Morgan fingerprint density at radius 1 is 1.21 bits per heavy atom. The Morgan fingerprint density at radius 2 is 1.96 bits per heavy atom. The minimum Gasteiger partial charge on any atom is -0.393 e. The minimum atomic E-state index is -0.147. The highest BCUT2D eigenvalue weighted by Gasteiger charge is 2.24. The van der Waals surface area contributed by atoms with Gasteiger partial charge in [-0.2, -0.15) is 0 Å². The number of aliphatic hydroxyl groups is 1. The van der Waals surface area contributed by atoms with Crippen molar-refractivity contribution in [2.75, 3.05) is 13.7 Å². The summed E-state index contributed by atoms with van der Waals surface area (Å²) in [7, 11) is 1.72. The monoisotopic (exact) mass is 329 g/mol. The first kappa shape index (κ1) is 17.2. The minimum absolute atomic E-state index is 0.147. The standard InChI is InChI=1S/C19H27N3O2/c1-12(11-24-3)8-18-21-9-16-13(2)20-10-17(19(16)22-18)14-4-6-15(23)7-5-14/h9-10,12,14-15,23H,4-8,11H2,1-3H3/t12-,14?,15?/m1/s1. The van der Waals surface area contributed by atoms with Crippen LogP contribution in [-0.4, -0.2) is 39.9 Å². The van der Waals surface area contributed by atoms with E-state index in [2.05, 4.69) is 16.9 Å². The zero-order valence-electron chi connectivity index (χ0n) is 14.8. The first-order chi connectivity index (χ1) is 11.6. The van der Waals surface area contributed by atoms with Crippen LogP contribution in [0.5, 0.6) is 0 Å². The smallest absolute Gasteiger partial charge is 0.129 e. The predicted molar refractivity (Wildman–Crippen MR) is 94.0 cm³/mol. The van der Waals surface area contributed by atoms with Crippen molar-refractivity contribution >= 4 is 10.9 Å². The number of methoxy groups -OCH3 is 1. The molecule has 0 spiro atoms. The summed E-state index contributed by atoms with van der Waals surface area (Å²) in [4.78, 5) is 14.0. The molecule has 0 aliphatic heterocycles. The summed E-state index contributed by atoms with van der Waals surface area (Å²) in [6.07, 6.45) is 8.29. The lowest BCUT2D eigenvalue weighted by atomic mass is 9.82. The van der Waals surface area contributed by atoms with Gasteiger partial charge >= 0.3 is 0 Å². The largest absolute Gasteiger partial charge is 0.393 e. The third kappa shape index (κ3) is 3.73. The molecule has 1 aliphatic rings. The van der Waals surface area contributed by atoms with Crippen LogP contribution >= 0.6 is 0 Å². The number of aryl methyl sites for hydroxylation is 1. The van der Waals surface area contributed by atoms with Crippen LogP contribution in [-0.2, 0) is 11.2 Å². The van der Waals surface area contributed by atoms with Crippen LogP contribution in [0, 0.1) is 12.8 Å². The van der Waals surface area contributed by atoms with E-state index in [1.165, 1.54) is 5.56 Å². The molecular formula is C19H27N3O2. The van der Waals surface area contributed by atoms with Crippen LogP contribution in [0.3, 0.4) is 0 Å². The maximum Gasteiger partial charge on any atom is 0.129 e. The van der Waals surface area contributed by atoms with E-state index in [0.717, 1.165) is 54.5 Å². The number of hydrogen-bond donors (Lipinski definition) is 1. The number of fused-ring (bicyclic) bond motifs is 1. The highest BCUT2D eigenvalue weighted by molar-refractivity contribution is 5.83. The Labute approximate surface area is 143 Å². The molecular weight excluding hydrogens is 302 g/mol. The number of ether oxygens (including phenoxy) is 1. The molecule has 0 saturated heterocycles. The third-order valence-corrected chi connectivity index (χ3v) is 5.02. The first-order valence-corrected chi connectivity index (χ1v) is 8.86. The molecule has 0 bridgehead atoms. The van der Waals surface area contributed by atoms with Crippen molar-refractivity contribution in [3.8, 4) is 0 Å². The van der Waals surface area contributed by atoms with Gasteiger partial charge in [-0.3, -0.25) is 4.98 Å². The zero-order valence-corrected chi connectivity index (χ0v) is 14.8. The van der Waals surface area contributed by atoms with E-state index in [1.807, 2.05) is 19.3 Å². The second-order valence-corrected chi connectivity index (χ2v) is 7.12. The van der Waals surface area contributed by atoms with Crippen LogP contribution < -0.4 is 0 Å². The molecule has 1 aliphatic carbocycles.